The highest BCUT2D eigenvalue weighted by molar-refractivity contribution is 7.89. The van der Waals surface area contributed by atoms with Crippen LogP contribution in [0.2, 0.25) is 0 Å². The number of nitrogens with one attached hydrogen (secondary N) is 2. The molecule has 28 heavy (non-hydrogen) atoms. The number of hydrogen-bond donors (Lipinski definition) is 2. The number of amides is 1. The first kappa shape index (κ1) is 21.3. The number of ether oxygens (including phenoxy) is 1. The van der Waals surface area contributed by atoms with E-state index in [1.807, 2.05) is 0 Å². The molecule has 0 aliphatic rings. The zero-order chi connectivity index (χ0) is 20.9. The van der Waals surface area contributed by atoms with Crippen LogP contribution in [0.15, 0.2) is 53.4 Å². The highest BCUT2D eigenvalue weighted by Crippen LogP contribution is 2.21. The molecule has 1 atom stereocenters. The van der Waals surface area contributed by atoms with E-state index in [2.05, 4.69) is 10.0 Å². The van der Waals surface area contributed by atoms with E-state index in [-0.39, 0.29) is 22.4 Å². The van der Waals surface area contributed by atoms with Crippen LogP contribution in [0.5, 0.6) is 5.75 Å². The van der Waals surface area contributed by atoms with Crippen molar-refractivity contribution in [2.45, 2.75) is 37.8 Å². The number of nitro benzene ring substituents is 1. The summed E-state index contributed by atoms with van der Waals surface area (Å²) in [6.07, 6.45) is -0.923. The third kappa shape index (κ3) is 5.76. The molecule has 1 unspecified atom stereocenters. The van der Waals surface area contributed by atoms with Gasteiger partial charge in [0.1, 0.15) is 5.75 Å². The molecule has 2 aromatic rings. The van der Waals surface area contributed by atoms with Crippen molar-refractivity contribution in [2.75, 3.05) is 5.32 Å². The van der Waals surface area contributed by atoms with Crippen molar-refractivity contribution in [1.29, 1.82) is 0 Å². The maximum atomic E-state index is 12.3. The van der Waals surface area contributed by atoms with Gasteiger partial charge in [0.25, 0.3) is 11.6 Å². The Bertz CT molecular complexity index is 958. The van der Waals surface area contributed by atoms with Gasteiger partial charge in [0.05, 0.1) is 15.9 Å². The largest absolute Gasteiger partial charge is 0.481 e. The fourth-order valence-corrected chi connectivity index (χ4v) is 3.52. The van der Waals surface area contributed by atoms with E-state index in [0.717, 1.165) is 0 Å². The van der Waals surface area contributed by atoms with Gasteiger partial charge < -0.3 is 10.1 Å². The predicted molar refractivity (Wildman–Crippen MR) is 104 cm³/mol. The van der Waals surface area contributed by atoms with Crippen LogP contribution in [0.4, 0.5) is 11.4 Å². The number of benzene rings is 2. The lowest BCUT2D eigenvalue weighted by atomic mass is 10.3. The van der Waals surface area contributed by atoms with Gasteiger partial charge in [-0.2, -0.15) is 0 Å². The van der Waals surface area contributed by atoms with Gasteiger partial charge in [-0.05, 0) is 51.1 Å². The Hall–Kier alpha value is -2.98. The number of non-ortho nitro benzene ring substituents is 1. The normalized spacial score (nSPS) is 12.4. The minimum Gasteiger partial charge on any atom is -0.481 e. The number of sulfonamides is 1. The molecule has 10 heteroatoms. The summed E-state index contributed by atoms with van der Waals surface area (Å²) in [6.45, 7) is 4.93. The van der Waals surface area contributed by atoms with Crippen molar-refractivity contribution in [1.82, 2.24) is 4.72 Å². The number of anilines is 1. The molecule has 0 heterocycles. The molecule has 9 nitrogen and oxygen atoms in total. The van der Waals surface area contributed by atoms with Crippen LogP contribution in [-0.2, 0) is 14.8 Å². The molecule has 0 spiro atoms. The average Bonchev–Trinajstić information content (AvgIpc) is 2.61. The summed E-state index contributed by atoms with van der Waals surface area (Å²) in [5, 5.41) is 13.4. The Morgan fingerprint density at radius 3 is 2.32 bits per heavy atom. The molecule has 0 saturated carbocycles. The van der Waals surface area contributed by atoms with E-state index in [9.17, 15) is 23.3 Å². The summed E-state index contributed by atoms with van der Waals surface area (Å²) in [6, 6.07) is 11.0. The maximum Gasteiger partial charge on any atom is 0.273 e. The standard InChI is InChI=1S/C18H21N3O6S/c1-12(2)20-28(25,26)17-9-7-14(8-10-17)19-18(22)13(3)27-16-6-4-5-15(11-16)21(23)24/h4-13,20H,1-3H3,(H,19,22). The highest BCUT2D eigenvalue weighted by atomic mass is 32.2. The second-order valence-corrected chi connectivity index (χ2v) is 8.02. The van der Waals surface area contributed by atoms with E-state index in [1.165, 1.54) is 55.5 Å². The van der Waals surface area contributed by atoms with E-state index < -0.39 is 27.0 Å². The molecule has 2 N–H and O–H groups in total. The Balaban J connectivity index is 2.02. The van der Waals surface area contributed by atoms with E-state index in [4.69, 9.17) is 4.74 Å². The number of nitrogens with zero attached hydrogens (tertiary/aromatic N) is 1. The van der Waals surface area contributed by atoms with Crippen LogP contribution in [-0.4, -0.2) is 31.4 Å². The number of hydrogen-bond acceptors (Lipinski definition) is 6. The minimum absolute atomic E-state index is 0.0834. The van der Waals surface area contributed by atoms with Crippen LogP contribution in [0.1, 0.15) is 20.8 Å². The van der Waals surface area contributed by atoms with Crippen LogP contribution < -0.4 is 14.8 Å². The zero-order valence-electron chi connectivity index (χ0n) is 15.6. The summed E-state index contributed by atoms with van der Waals surface area (Å²) >= 11 is 0. The van der Waals surface area contributed by atoms with Gasteiger partial charge in [-0.3, -0.25) is 14.9 Å². The second-order valence-electron chi connectivity index (χ2n) is 6.30. The van der Waals surface area contributed by atoms with Gasteiger partial charge in [-0.25, -0.2) is 13.1 Å². The molecule has 0 radical (unpaired) electrons. The van der Waals surface area contributed by atoms with Gasteiger partial charge >= 0.3 is 0 Å². The van der Waals surface area contributed by atoms with Gasteiger partial charge in [0.15, 0.2) is 6.10 Å². The minimum atomic E-state index is -3.62. The molecule has 150 valence electrons. The summed E-state index contributed by atoms with van der Waals surface area (Å²) in [5.74, 6) is -0.291. The summed E-state index contributed by atoms with van der Waals surface area (Å²) < 4.78 is 32.1. The summed E-state index contributed by atoms with van der Waals surface area (Å²) in [7, 11) is -3.62. The molecule has 2 rings (SSSR count). The molecule has 2 aromatic carbocycles. The van der Waals surface area contributed by atoms with Crippen LogP contribution in [0, 0.1) is 10.1 Å². The van der Waals surface area contributed by atoms with Crippen molar-refractivity contribution < 1.29 is 22.9 Å². The van der Waals surface area contributed by atoms with Crippen molar-refractivity contribution in [3.8, 4) is 5.75 Å². The van der Waals surface area contributed by atoms with Crippen molar-refractivity contribution >= 4 is 27.3 Å². The van der Waals surface area contributed by atoms with Gasteiger partial charge in [0, 0.05) is 17.8 Å². The molecule has 0 aliphatic heterocycles. The number of carbonyl (C=O) groups excluding carboxylic acids is 1. The molecule has 0 bridgehead atoms. The Morgan fingerprint density at radius 1 is 1.11 bits per heavy atom. The third-order valence-electron chi connectivity index (χ3n) is 3.53. The first-order valence-corrected chi connectivity index (χ1v) is 9.91. The van der Waals surface area contributed by atoms with Crippen molar-refractivity contribution in [2.24, 2.45) is 0 Å². The second kappa shape index (κ2) is 8.81. The number of carbonyl (C=O) groups is 1. The van der Waals surface area contributed by atoms with E-state index >= 15 is 0 Å². The zero-order valence-corrected chi connectivity index (χ0v) is 16.4. The molecule has 0 aliphatic carbocycles. The number of rotatable bonds is 8. The monoisotopic (exact) mass is 407 g/mol. The lowest BCUT2D eigenvalue weighted by Gasteiger charge is -2.15. The average molecular weight is 407 g/mol. The topological polar surface area (TPSA) is 128 Å². The Kier molecular flexibility index (Phi) is 6.71. The predicted octanol–water partition coefficient (Wildman–Crippen LogP) is 2.69. The van der Waals surface area contributed by atoms with Crippen molar-refractivity contribution in [3.05, 3.63) is 58.6 Å². The summed E-state index contributed by atoms with van der Waals surface area (Å²) in [4.78, 5) is 22.6. The van der Waals surface area contributed by atoms with Crippen LogP contribution in [0.25, 0.3) is 0 Å². The molecular weight excluding hydrogens is 386 g/mol. The smallest absolute Gasteiger partial charge is 0.273 e. The summed E-state index contributed by atoms with van der Waals surface area (Å²) in [5.41, 5.74) is 0.250. The number of nitro groups is 1. The first-order chi connectivity index (χ1) is 13.1. The maximum absolute atomic E-state index is 12.3. The van der Waals surface area contributed by atoms with Gasteiger partial charge in [0.2, 0.25) is 10.0 Å². The fourth-order valence-electron chi connectivity index (χ4n) is 2.27. The lowest BCUT2D eigenvalue weighted by Crippen LogP contribution is -2.31. The van der Waals surface area contributed by atoms with Gasteiger partial charge in [-0.15, -0.1) is 0 Å². The van der Waals surface area contributed by atoms with Gasteiger partial charge in [-0.1, -0.05) is 6.07 Å². The Labute approximate surface area is 162 Å². The lowest BCUT2D eigenvalue weighted by molar-refractivity contribution is -0.384. The highest BCUT2D eigenvalue weighted by Gasteiger charge is 2.18. The van der Waals surface area contributed by atoms with E-state index in [1.54, 1.807) is 13.8 Å². The van der Waals surface area contributed by atoms with Crippen LogP contribution in [0.3, 0.4) is 0 Å². The molecule has 0 saturated heterocycles. The quantitative estimate of drug-likeness (QED) is 0.511. The van der Waals surface area contributed by atoms with E-state index in [0.29, 0.717) is 5.69 Å². The SMILES string of the molecule is CC(C)NS(=O)(=O)c1ccc(NC(=O)C(C)Oc2cccc([N+](=O)[O-])c2)cc1. The van der Waals surface area contributed by atoms with Crippen molar-refractivity contribution in [3.63, 3.8) is 0 Å². The first-order valence-electron chi connectivity index (χ1n) is 8.43. The molecular formula is C18H21N3O6S. The van der Waals surface area contributed by atoms with Crippen LogP contribution >= 0.6 is 0 Å². The third-order valence-corrected chi connectivity index (χ3v) is 5.21. The molecule has 0 aromatic heterocycles. The molecule has 1 amide bonds. The fraction of sp³-hybridized carbons (Fsp3) is 0.278. The molecule has 0 fully saturated rings. The Morgan fingerprint density at radius 2 is 1.75 bits per heavy atom.